The van der Waals surface area contributed by atoms with Crippen LogP contribution in [0.5, 0.6) is 0 Å². The van der Waals surface area contributed by atoms with Crippen molar-refractivity contribution in [3.63, 3.8) is 0 Å². The zero-order chi connectivity index (χ0) is 24.6. The lowest BCUT2D eigenvalue weighted by Crippen LogP contribution is -2.38. The summed E-state index contributed by atoms with van der Waals surface area (Å²) in [4.78, 5) is 30.7. The molecule has 2 aliphatic heterocycles. The van der Waals surface area contributed by atoms with Gasteiger partial charge in [-0.2, -0.15) is 0 Å². The van der Waals surface area contributed by atoms with E-state index in [1.165, 1.54) is 0 Å². The van der Waals surface area contributed by atoms with Crippen molar-refractivity contribution in [1.82, 2.24) is 10.2 Å². The van der Waals surface area contributed by atoms with Gasteiger partial charge < -0.3 is 20.3 Å². The Bertz CT molecular complexity index is 1020. The normalized spacial score (nSPS) is 17.3. The van der Waals surface area contributed by atoms with Crippen LogP contribution in [-0.4, -0.2) is 69.2 Å². The number of carbonyl (C=O) groups excluding carboxylic acids is 2. The maximum atomic E-state index is 13.3. The topological polar surface area (TPSA) is 73.9 Å². The first-order valence-electron chi connectivity index (χ1n) is 12.5. The van der Waals surface area contributed by atoms with Gasteiger partial charge in [0.25, 0.3) is 11.8 Å². The molecule has 2 aromatic rings. The average molecular weight is 499 g/mol. The van der Waals surface area contributed by atoms with E-state index in [0.29, 0.717) is 34.3 Å². The summed E-state index contributed by atoms with van der Waals surface area (Å²) in [6.07, 6.45) is 3.09. The molecule has 2 fully saturated rings. The average Bonchev–Trinajstić information content (AvgIpc) is 2.88. The third-order valence-corrected chi connectivity index (χ3v) is 7.11. The smallest absolute Gasteiger partial charge is 0.257 e. The number of amides is 2. The van der Waals surface area contributed by atoms with Gasteiger partial charge in [0.15, 0.2) is 0 Å². The number of carbonyl (C=O) groups is 2. The first-order valence-corrected chi connectivity index (χ1v) is 12.9. The zero-order valence-electron chi connectivity index (χ0n) is 20.4. The molecule has 7 nitrogen and oxygen atoms in total. The third kappa shape index (κ3) is 6.97. The molecule has 0 aliphatic carbocycles. The standard InChI is InChI=1S/C27H35ClN4O3/c1-20-9-13-32(14-10-20)25-8-7-21(30-27(34)22-5-2-3-6-24(22)28)19-23(25)26(33)29-11-4-12-31-15-17-35-18-16-31/h2-3,5-8,19-20H,4,9-18H2,1H3,(H,29,33)(H,30,34). The molecule has 0 atom stereocenters. The van der Waals surface area contributed by atoms with Crippen LogP contribution in [0.4, 0.5) is 11.4 Å². The van der Waals surface area contributed by atoms with Crippen LogP contribution < -0.4 is 15.5 Å². The van der Waals surface area contributed by atoms with E-state index >= 15 is 0 Å². The second kappa shape index (κ2) is 12.4. The van der Waals surface area contributed by atoms with Crippen molar-refractivity contribution in [1.29, 1.82) is 0 Å². The number of hydrogen-bond donors (Lipinski definition) is 2. The summed E-state index contributed by atoms with van der Waals surface area (Å²) in [5.74, 6) is 0.277. The van der Waals surface area contributed by atoms with Crippen molar-refractivity contribution in [2.75, 3.05) is 62.7 Å². The van der Waals surface area contributed by atoms with Crippen LogP contribution in [0.1, 0.15) is 46.9 Å². The zero-order valence-corrected chi connectivity index (χ0v) is 21.2. The van der Waals surface area contributed by atoms with Crippen molar-refractivity contribution in [3.8, 4) is 0 Å². The number of piperidine rings is 1. The van der Waals surface area contributed by atoms with Crippen molar-refractivity contribution in [3.05, 3.63) is 58.6 Å². The van der Waals surface area contributed by atoms with Gasteiger partial charge in [0.05, 0.1) is 29.4 Å². The highest BCUT2D eigenvalue weighted by atomic mass is 35.5. The minimum atomic E-state index is -0.299. The summed E-state index contributed by atoms with van der Waals surface area (Å²) in [5, 5.41) is 6.38. The van der Waals surface area contributed by atoms with E-state index in [4.69, 9.17) is 16.3 Å². The minimum Gasteiger partial charge on any atom is -0.379 e. The molecule has 2 aromatic carbocycles. The minimum absolute atomic E-state index is 0.116. The SMILES string of the molecule is CC1CCN(c2ccc(NC(=O)c3ccccc3Cl)cc2C(=O)NCCCN2CCOCC2)CC1. The Kier molecular flexibility index (Phi) is 9.01. The first kappa shape index (κ1) is 25.5. The molecular formula is C27H35ClN4O3. The molecule has 35 heavy (non-hydrogen) atoms. The molecule has 2 heterocycles. The number of hydrogen-bond acceptors (Lipinski definition) is 5. The molecule has 2 aliphatic rings. The van der Waals surface area contributed by atoms with Crippen molar-refractivity contribution in [2.24, 2.45) is 5.92 Å². The Morgan fingerprint density at radius 3 is 2.49 bits per heavy atom. The summed E-state index contributed by atoms with van der Waals surface area (Å²) >= 11 is 6.19. The Labute approximate surface area is 212 Å². The van der Waals surface area contributed by atoms with Crippen LogP contribution >= 0.6 is 11.6 Å². The first-order chi connectivity index (χ1) is 17.0. The molecule has 188 valence electrons. The lowest BCUT2D eigenvalue weighted by Gasteiger charge is -2.33. The summed E-state index contributed by atoms with van der Waals surface area (Å²) in [6.45, 7) is 9.09. The highest BCUT2D eigenvalue weighted by molar-refractivity contribution is 6.34. The number of halogens is 1. The molecular weight excluding hydrogens is 464 g/mol. The molecule has 0 unspecified atom stereocenters. The highest BCUT2D eigenvalue weighted by Crippen LogP contribution is 2.29. The Balaban J connectivity index is 1.46. The van der Waals surface area contributed by atoms with Crippen LogP contribution in [0.3, 0.4) is 0 Å². The van der Waals surface area contributed by atoms with Crippen LogP contribution in [0.2, 0.25) is 5.02 Å². The van der Waals surface area contributed by atoms with E-state index < -0.39 is 0 Å². The largest absolute Gasteiger partial charge is 0.379 e. The van der Waals surface area contributed by atoms with E-state index in [-0.39, 0.29) is 11.8 Å². The predicted octanol–water partition coefficient (Wildman–Crippen LogP) is 4.28. The molecule has 8 heteroatoms. The van der Waals surface area contributed by atoms with E-state index in [9.17, 15) is 9.59 Å². The number of anilines is 2. The molecule has 2 saturated heterocycles. The fourth-order valence-electron chi connectivity index (χ4n) is 4.59. The van der Waals surface area contributed by atoms with E-state index in [2.05, 4.69) is 27.4 Å². The number of ether oxygens (including phenoxy) is 1. The van der Waals surface area contributed by atoms with Gasteiger partial charge in [-0.3, -0.25) is 14.5 Å². The molecule has 2 N–H and O–H groups in total. The number of nitrogens with zero attached hydrogens (tertiary/aromatic N) is 2. The Morgan fingerprint density at radius 1 is 1.00 bits per heavy atom. The highest BCUT2D eigenvalue weighted by Gasteiger charge is 2.22. The second-order valence-electron chi connectivity index (χ2n) is 9.40. The third-order valence-electron chi connectivity index (χ3n) is 6.78. The Hall–Kier alpha value is -2.61. The van der Waals surface area contributed by atoms with Crippen LogP contribution in [0.15, 0.2) is 42.5 Å². The maximum absolute atomic E-state index is 13.3. The van der Waals surface area contributed by atoms with Gasteiger partial charge in [-0.15, -0.1) is 0 Å². The van der Waals surface area contributed by atoms with E-state index in [1.807, 2.05) is 12.1 Å². The van der Waals surface area contributed by atoms with Crippen molar-refractivity contribution >= 4 is 34.8 Å². The summed E-state index contributed by atoms with van der Waals surface area (Å²) in [7, 11) is 0. The van der Waals surface area contributed by atoms with Crippen LogP contribution in [0.25, 0.3) is 0 Å². The van der Waals surface area contributed by atoms with E-state index in [0.717, 1.165) is 70.9 Å². The molecule has 2 amide bonds. The number of morpholine rings is 1. The maximum Gasteiger partial charge on any atom is 0.257 e. The van der Waals surface area contributed by atoms with Gasteiger partial charge in [0.2, 0.25) is 0 Å². The molecule has 0 saturated carbocycles. The lowest BCUT2D eigenvalue weighted by molar-refractivity contribution is 0.0374. The Morgan fingerprint density at radius 2 is 1.74 bits per heavy atom. The predicted molar refractivity (Wildman–Crippen MR) is 141 cm³/mol. The van der Waals surface area contributed by atoms with Crippen molar-refractivity contribution in [2.45, 2.75) is 26.2 Å². The van der Waals surface area contributed by atoms with Crippen LogP contribution in [-0.2, 0) is 4.74 Å². The molecule has 0 aromatic heterocycles. The van der Waals surface area contributed by atoms with Gasteiger partial charge in [-0.1, -0.05) is 30.7 Å². The monoisotopic (exact) mass is 498 g/mol. The molecule has 0 spiro atoms. The fourth-order valence-corrected chi connectivity index (χ4v) is 4.81. The van der Waals surface area contributed by atoms with Gasteiger partial charge in [0, 0.05) is 44.1 Å². The summed E-state index contributed by atoms with van der Waals surface area (Å²) in [6, 6.07) is 12.5. The summed E-state index contributed by atoms with van der Waals surface area (Å²) < 4.78 is 5.40. The molecule has 4 rings (SSSR count). The lowest BCUT2D eigenvalue weighted by atomic mass is 9.97. The van der Waals surface area contributed by atoms with Gasteiger partial charge in [0.1, 0.15) is 0 Å². The summed E-state index contributed by atoms with van der Waals surface area (Å²) in [5.41, 5.74) is 2.47. The van der Waals surface area contributed by atoms with E-state index in [1.54, 1.807) is 30.3 Å². The number of rotatable bonds is 8. The fraction of sp³-hybridized carbons (Fsp3) is 0.481. The molecule has 0 radical (unpaired) electrons. The van der Waals surface area contributed by atoms with Crippen LogP contribution in [0, 0.1) is 5.92 Å². The molecule has 0 bridgehead atoms. The van der Waals surface area contributed by atoms with Crippen molar-refractivity contribution < 1.29 is 14.3 Å². The van der Waals surface area contributed by atoms with Gasteiger partial charge >= 0.3 is 0 Å². The number of nitrogens with one attached hydrogen (secondary N) is 2. The second-order valence-corrected chi connectivity index (χ2v) is 9.81. The van der Waals surface area contributed by atoms with Gasteiger partial charge in [-0.05, 0) is 62.1 Å². The number of benzene rings is 2. The van der Waals surface area contributed by atoms with Gasteiger partial charge in [-0.25, -0.2) is 0 Å². The quantitative estimate of drug-likeness (QED) is 0.531.